The van der Waals surface area contributed by atoms with E-state index in [-0.39, 0.29) is 11.4 Å². The zero-order valence-electron chi connectivity index (χ0n) is 11.7. The Morgan fingerprint density at radius 2 is 2.00 bits per heavy atom. The first kappa shape index (κ1) is 12.9. The van der Waals surface area contributed by atoms with E-state index in [9.17, 15) is 4.79 Å². The summed E-state index contributed by atoms with van der Waals surface area (Å²) >= 11 is 0. The molecule has 2 aliphatic rings. The van der Waals surface area contributed by atoms with Crippen molar-refractivity contribution in [3.8, 4) is 0 Å². The quantitative estimate of drug-likeness (QED) is 0.816. The third-order valence-electron chi connectivity index (χ3n) is 4.19. The number of rotatable bonds is 3. The normalized spacial score (nSPS) is 26.4. The minimum absolute atomic E-state index is 0.280. The first-order valence-electron chi connectivity index (χ1n) is 6.89. The van der Waals surface area contributed by atoms with E-state index in [1.165, 1.54) is 12.8 Å². The topological polar surface area (TPSA) is 32.3 Å². The summed E-state index contributed by atoms with van der Waals surface area (Å²) in [5, 5.41) is 3.45. The van der Waals surface area contributed by atoms with Gasteiger partial charge in [0.1, 0.15) is 0 Å². The molecule has 1 heterocycles. The van der Waals surface area contributed by atoms with Crippen LogP contribution in [0.3, 0.4) is 0 Å². The molecule has 0 unspecified atom stereocenters. The Hall–Kier alpha value is -0.570. The second-order valence-electron chi connectivity index (χ2n) is 6.89. The van der Waals surface area contributed by atoms with Gasteiger partial charge < -0.3 is 10.2 Å². The van der Waals surface area contributed by atoms with Crippen LogP contribution in [0, 0.1) is 11.3 Å². The second kappa shape index (κ2) is 4.27. The lowest BCUT2D eigenvalue weighted by molar-refractivity contribution is -0.136. The molecule has 1 aliphatic heterocycles. The molecule has 1 N–H and O–H groups in total. The largest absolute Gasteiger partial charge is 0.340 e. The number of carbonyl (C=O) groups is 1. The molecule has 1 saturated heterocycles. The zero-order chi connectivity index (χ0) is 12.7. The molecule has 0 aromatic carbocycles. The lowest BCUT2D eigenvalue weighted by atomic mass is 10.0. The highest BCUT2D eigenvalue weighted by Gasteiger charge is 2.49. The smallest absolute Gasteiger partial charge is 0.242 e. The van der Waals surface area contributed by atoms with Gasteiger partial charge in [-0.1, -0.05) is 13.8 Å². The van der Waals surface area contributed by atoms with Crippen LogP contribution in [0.25, 0.3) is 0 Å². The summed E-state index contributed by atoms with van der Waals surface area (Å²) in [4.78, 5) is 14.6. The summed E-state index contributed by atoms with van der Waals surface area (Å²) in [5.74, 6) is 0.944. The van der Waals surface area contributed by atoms with E-state index in [0.717, 1.165) is 26.1 Å². The predicted octanol–water partition coefficient (Wildman–Crippen LogP) is 2.02. The molecular weight excluding hydrogens is 212 g/mol. The van der Waals surface area contributed by atoms with Gasteiger partial charge >= 0.3 is 0 Å². The third-order valence-corrected chi connectivity index (χ3v) is 4.19. The fourth-order valence-corrected chi connectivity index (χ4v) is 2.52. The van der Waals surface area contributed by atoms with Crippen molar-refractivity contribution in [2.45, 2.75) is 52.5 Å². The van der Waals surface area contributed by atoms with Gasteiger partial charge in [-0.3, -0.25) is 4.79 Å². The van der Waals surface area contributed by atoms with Crippen LogP contribution in [0.5, 0.6) is 0 Å². The molecule has 2 fully saturated rings. The van der Waals surface area contributed by atoms with Gasteiger partial charge in [0.2, 0.25) is 5.91 Å². The average Bonchev–Trinajstić information content (AvgIpc) is 3.01. The first-order valence-corrected chi connectivity index (χ1v) is 6.89. The van der Waals surface area contributed by atoms with E-state index in [0.29, 0.717) is 11.3 Å². The van der Waals surface area contributed by atoms with Gasteiger partial charge in [0.05, 0.1) is 5.54 Å². The Morgan fingerprint density at radius 3 is 2.53 bits per heavy atom. The number of amides is 1. The molecule has 3 heteroatoms. The molecule has 2 rings (SSSR count). The van der Waals surface area contributed by atoms with Crippen molar-refractivity contribution in [3.63, 3.8) is 0 Å². The monoisotopic (exact) mass is 238 g/mol. The Bertz CT molecular complexity index is 305. The van der Waals surface area contributed by atoms with Crippen LogP contribution in [-0.4, -0.2) is 36.0 Å². The minimum Gasteiger partial charge on any atom is -0.340 e. The highest BCUT2D eigenvalue weighted by molar-refractivity contribution is 5.86. The predicted molar refractivity (Wildman–Crippen MR) is 69.8 cm³/mol. The Labute approximate surface area is 105 Å². The molecule has 17 heavy (non-hydrogen) atoms. The fourth-order valence-electron chi connectivity index (χ4n) is 2.52. The standard InChI is InChI=1S/C14H26N2O/c1-11(2)5-8-16-10-14(6-7-14)9-15-13(3,4)12(16)17/h11,15H,5-10H2,1-4H3. The first-order chi connectivity index (χ1) is 7.85. The van der Waals surface area contributed by atoms with Crippen LogP contribution in [-0.2, 0) is 4.79 Å². The molecule has 1 saturated carbocycles. The van der Waals surface area contributed by atoms with Gasteiger partial charge in [0.15, 0.2) is 0 Å². The van der Waals surface area contributed by atoms with Gasteiger partial charge in [-0.15, -0.1) is 0 Å². The SMILES string of the molecule is CC(C)CCN1CC2(CC2)CNC(C)(C)C1=O. The van der Waals surface area contributed by atoms with Crippen LogP contribution >= 0.6 is 0 Å². The molecule has 0 bridgehead atoms. The van der Waals surface area contributed by atoms with Crippen molar-refractivity contribution < 1.29 is 4.79 Å². The van der Waals surface area contributed by atoms with Crippen molar-refractivity contribution >= 4 is 5.91 Å². The Morgan fingerprint density at radius 1 is 1.35 bits per heavy atom. The summed E-state index contributed by atoms with van der Waals surface area (Å²) in [6, 6.07) is 0. The van der Waals surface area contributed by atoms with Crippen molar-refractivity contribution in [2.24, 2.45) is 11.3 Å². The maximum absolute atomic E-state index is 12.5. The highest BCUT2D eigenvalue weighted by Crippen LogP contribution is 2.47. The van der Waals surface area contributed by atoms with Crippen molar-refractivity contribution in [2.75, 3.05) is 19.6 Å². The molecule has 98 valence electrons. The molecule has 1 aliphatic carbocycles. The number of hydrogen-bond donors (Lipinski definition) is 1. The zero-order valence-corrected chi connectivity index (χ0v) is 11.7. The summed E-state index contributed by atoms with van der Waals surface area (Å²) in [7, 11) is 0. The molecule has 0 radical (unpaired) electrons. The lowest BCUT2D eigenvalue weighted by Crippen LogP contribution is -2.51. The van der Waals surface area contributed by atoms with Gasteiger partial charge in [-0.25, -0.2) is 0 Å². The van der Waals surface area contributed by atoms with Crippen molar-refractivity contribution in [1.29, 1.82) is 0 Å². The second-order valence-corrected chi connectivity index (χ2v) is 6.89. The molecule has 0 aromatic rings. The summed E-state index contributed by atoms with van der Waals surface area (Å²) in [6.45, 7) is 11.4. The minimum atomic E-state index is -0.386. The van der Waals surface area contributed by atoms with Crippen LogP contribution in [0.2, 0.25) is 0 Å². The third kappa shape index (κ3) is 2.82. The van der Waals surface area contributed by atoms with E-state index in [1.54, 1.807) is 0 Å². The van der Waals surface area contributed by atoms with E-state index in [4.69, 9.17) is 0 Å². The fraction of sp³-hybridized carbons (Fsp3) is 0.929. The summed E-state index contributed by atoms with van der Waals surface area (Å²) < 4.78 is 0. The number of nitrogens with one attached hydrogen (secondary N) is 1. The molecule has 3 nitrogen and oxygen atoms in total. The highest BCUT2D eigenvalue weighted by atomic mass is 16.2. The van der Waals surface area contributed by atoms with Gasteiger partial charge in [-0.05, 0) is 39.0 Å². The van der Waals surface area contributed by atoms with E-state index < -0.39 is 0 Å². The number of carbonyl (C=O) groups excluding carboxylic acids is 1. The van der Waals surface area contributed by atoms with E-state index >= 15 is 0 Å². The number of nitrogens with zero attached hydrogens (tertiary/aromatic N) is 1. The van der Waals surface area contributed by atoms with E-state index in [2.05, 4.69) is 24.1 Å². The number of hydrogen-bond acceptors (Lipinski definition) is 2. The van der Waals surface area contributed by atoms with Crippen LogP contribution in [0.15, 0.2) is 0 Å². The van der Waals surface area contributed by atoms with Crippen LogP contribution in [0.4, 0.5) is 0 Å². The molecule has 1 spiro atoms. The van der Waals surface area contributed by atoms with Crippen molar-refractivity contribution in [1.82, 2.24) is 10.2 Å². The molecular formula is C14H26N2O. The molecule has 0 aromatic heterocycles. The maximum atomic E-state index is 12.5. The summed E-state index contributed by atoms with van der Waals surface area (Å²) in [5.41, 5.74) is 0.0173. The lowest BCUT2D eigenvalue weighted by Gasteiger charge is -2.30. The Kier molecular flexibility index (Phi) is 3.23. The van der Waals surface area contributed by atoms with Gasteiger partial charge in [0, 0.05) is 25.0 Å². The van der Waals surface area contributed by atoms with E-state index in [1.807, 2.05) is 13.8 Å². The molecule has 0 atom stereocenters. The van der Waals surface area contributed by atoms with Gasteiger partial charge in [-0.2, -0.15) is 0 Å². The molecule has 1 amide bonds. The van der Waals surface area contributed by atoms with Crippen LogP contribution in [0.1, 0.15) is 47.0 Å². The van der Waals surface area contributed by atoms with Crippen molar-refractivity contribution in [3.05, 3.63) is 0 Å². The van der Waals surface area contributed by atoms with Crippen LogP contribution < -0.4 is 5.32 Å². The average molecular weight is 238 g/mol. The Balaban J connectivity index is 2.07. The van der Waals surface area contributed by atoms with Gasteiger partial charge in [0.25, 0.3) is 0 Å². The summed E-state index contributed by atoms with van der Waals surface area (Å²) in [6.07, 6.45) is 3.67. The maximum Gasteiger partial charge on any atom is 0.242 e.